The number of ether oxygens (including phenoxy) is 2. The Bertz CT molecular complexity index is 1050. The van der Waals surface area contributed by atoms with Crippen molar-refractivity contribution in [2.24, 2.45) is 23.7 Å². The lowest BCUT2D eigenvalue weighted by Gasteiger charge is -2.36. The fraction of sp³-hybridized carbons (Fsp3) is 0.632. The van der Waals surface area contributed by atoms with Crippen LogP contribution in [0.25, 0.3) is 5.57 Å². The highest BCUT2D eigenvalue weighted by molar-refractivity contribution is 5.86. The lowest BCUT2D eigenvalue weighted by atomic mass is 9.70. The average molecular weight is 595 g/mol. The molecule has 0 bridgehead atoms. The average Bonchev–Trinajstić information content (AvgIpc) is 3.02. The van der Waals surface area contributed by atoms with Crippen LogP contribution in [0.4, 0.5) is 0 Å². The van der Waals surface area contributed by atoms with E-state index in [9.17, 15) is 9.59 Å². The summed E-state index contributed by atoms with van der Waals surface area (Å²) in [6, 6.07) is 6.76. The summed E-state index contributed by atoms with van der Waals surface area (Å²) in [5, 5.41) is 8.04. The standard InChI is InChI=1S/C34H50O4.C4H8O/c1-5-7-8-9-26-10-13-30(14-11-26)31-15-17-32(18-16-31)33-19-12-27(21-29(33)6-2)20-28(22-37-24-35)23-38-34(36)25(3)4;1-4(2)3-5/h12,17,19,21,24,26,28,30-31H,3,5-11,13-16,18,20,22-23H2,1-2,4H3;5H,1,3H2,2H3. The van der Waals surface area contributed by atoms with Crippen LogP contribution in [0.5, 0.6) is 0 Å². The Morgan fingerprint density at radius 3 is 2.33 bits per heavy atom. The van der Waals surface area contributed by atoms with Gasteiger partial charge in [-0.3, -0.25) is 4.79 Å². The molecule has 0 aromatic heterocycles. The molecule has 2 aliphatic rings. The second kappa shape index (κ2) is 20.3. The molecule has 1 fully saturated rings. The van der Waals surface area contributed by atoms with Crippen LogP contribution in [0.15, 0.2) is 48.6 Å². The van der Waals surface area contributed by atoms with Crippen LogP contribution in [0, 0.1) is 23.7 Å². The minimum Gasteiger partial charge on any atom is -0.467 e. The second-order valence-corrected chi connectivity index (χ2v) is 12.9. The maximum absolute atomic E-state index is 11.8. The van der Waals surface area contributed by atoms with Gasteiger partial charge in [0.1, 0.15) is 0 Å². The van der Waals surface area contributed by atoms with Crippen molar-refractivity contribution >= 4 is 18.0 Å². The lowest BCUT2D eigenvalue weighted by molar-refractivity contribution is -0.141. The van der Waals surface area contributed by atoms with Crippen LogP contribution < -0.4 is 0 Å². The van der Waals surface area contributed by atoms with Gasteiger partial charge < -0.3 is 14.6 Å². The molecule has 240 valence electrons. The van der Waals surface area contributed by atoms with E-state index in [0.717, 1.165) is 29.7 Å². The first-order chi connectivity index (χ1) is 20.7. The zero-order chi connectivity index (χ0) is 31.6. The van der Waals surface area contributed by atoms with Gasteiger partial charge in [-0.1, -0.05) is 95.4 Å². The van der Waals surface area contributed by atoms with Crippen molar-refractivity contribution in [3.05, 3.63) is 65.3 Å². The SMILES string of the molecule is C=C(C)C(=O)OCC(COC=O)Cc1ccc(C2=CCC(C3CCC(CCCCC)CC3)CC2)c(CC)c1.C=C(C)CO. The molecule has 0 radical (unpaired) electrons. The van der Waals surface area contributed by atoms with Crippen LogP contribution in [0.2, 0.25) is 0 Å². The van der Waals surface area contributed by atoms with Crippen molar-refractivity contribution in [3.63, 3.8) is 0 Å². The van der Waals surface area contributed by atoms with Crippen LogP contribution in [-0.2, 0) is 31.9 Å². The number of allylic oxidation sites excluding steroid dienone is 2. The number of unbranched alkanes of at least 4 members (excludes halogenated alkanes) is 2. The minimum absolute atomic E-state index is 0.0875. The highest BCUT2D eigenvalue weighted by Crippen LogP contribution is 2.42. The zero-order valence-electron chi connectivity index (χ0n) is 27.5. The predicted octanol–water partition coefficient (Wildman–Crippen LogP) is 8.83. The van der Waals surface area contributed by atoms with Crippen LogP contribution in [0.1, 0.15) is 115 Å². The van der Waals surface area contributed by atoms with Gasteiger partial charge in [0.05, 0.1) is 19.8 Å². The highest BCUT2D eigenvalue weighted by atomic mass is 16.5. The van der Waals surface area contributed by atoms with E-state index >= 15 is 0 Å². The van der Waals surface area contributed by atoms with Gasteiger partial charge in [-0.25, -0.2) is 4.79 Å². The molecule has 0 aliphatic heterocycles. The van der Waals surface area contributed by atoms with Gasteiger partial charge in [-0.15, -0.1) is 0 Å². The molecule has 1 aromatic rings. The van der Waals surface area contributed by atoms with E-state index in [1.165, 1.54) is 92.9 Å². The monoisotopic (exact) mass is 594 g/mol. The van der Waals surface area contributed by atoms with Crippen LogP contribution in [0.3, 0.4) is 0 Å². The summed E-state index contributed by atoms with van der Waals surface area (Å²) in [6.07, 6.45) is 19.3. The first kappa shape index (κ1) is 36.5. The Morgan fingerprint density at radius 2 is 1.77 bits per heavy atom. The van der Waals surface area contributed by atoms with E-state index in [-0.39, 0.29) is 25.7 Å². The molecule has 5 heteroatoms. The fourth-order valence-corrected chi connectivity index (χ4v) is 6.53. The molecule has 2 unspecified atom stereocenters. The number of aliphatic hydroxyl groups excluding tert-OH is 1. The maximum atomic E-state index is 11.8. The van der Waals surface area contributed by atoms with E-state index in [4.69, 9.17) is 14.6 Å². The van der Waals surface area contributed by atoms with Crippen molar-refractivity contribution in [1.29, 1.82) is 0 Å². The molecular weight excluding hydrogens is 536 g/mol. The van der Waals surface area contributed by atoms with Gasteiger partial charge in [-0.05, 0) is 98.8 Å². The number of esters is 1. The van der Waals surface area contributed by atoms with E-state index in [2.05, 4.69) is 51.3 Å². The summed E-state index contributed by atoms with van der Waals surface area (Å²) in [5.74, 6) is 2.28. The second-order valence-electron chi connectivity index (χ2n) is 12.9. The molecule has 0 amide bonds. The smallest absolute Gasteiger partial charge is 0.333 e. The van der Waals surface area contributed by atoms with Gasteiger partial charge in [-0.2, -0.15) is 0 Å². The lowest BCUT2D eigenvalue weighted by Crippen LogP contribution is -2.23. The molecule has 1 aromatic carbocycles. The number of hydrogen-bond donors (Lipinski definition) is 1. The predicted molar refractivity (Wildman–Crippen MR) is 178 cm³/mol. The number of aryl methyl sites for hydroxylation is 1. The molecule has 2 atom stereocenters. The third kappa shape index (κ3) is 13.3. The highest BCUT2D eigenvalue weighted by Gasteiger charge is 2.29. The fourth-order valence-electron chi connectivity index (χ4n) is 6.53. The molecule has 0 heterocycles. The van der Waals surface area contributed by atoms with Crippen molar-refractivity contribution in [2.75, 3.05) is 19.8 Å². The van der Waals surface area contributed by atoms with Gasteiger partial charge >= 0.3 is 5.97 Å². The summed E-state index contributed by atoms with van der Waals surface area (Å²) in [5.41, 5.74) is 6.63. The van der Waals surface area contributed by atoms with Gasteiger partial charge in [0.25, 0.3) is 6.47 Å². The summed E-state index contributed by atoms with van der Waals surface area (Å²) in [7, 11) is 0. The first-order valence-corrected chi connectivity index (χ1v) is 16.7. The van der Waals surface area contributed by atoms with Crippen molar-refractivity contribution in [3.8, 4) is 0 Å². The molecule has 0 saturated heterocycles. The van der Waals surface area contributed by atoms with Crippen LogP contribution in [-0.4, -0.2) is 37.4 Å². The van der Waals surface area contributed by atoms with Gasteiger partial charge in [0.2, 0.25) is 0 Å². The van der Waals surface area contributed by atoms with Gasteiger partial charge in [0, 0.05) is 11.5 Å². The summed E-state index contributed by atoms with van der Waals surface area (Å²) < 4.78 is 10.4. The van der Waals surface area contributed by atoms with E-state index in [0.29, 0.717) is 18.5 Å². The molecule has 2 aliphatic carbocycles. The molecule has 0 spiro atoms. The molecule has 3 rings (SSSR count). The maximum Gasteiger partial charge on any atom is 0.333 e. The molecular formula is C38H58O5. The third-order valence-corrected chi connectivity index (χ3v) is 9.11. The summed E-state index contributed by atoms with van der Waals surface area (Å²) in [6.45, 7) is 16.0. The van der Waals surface area contributed by atoms with Crippen molar-refractivity contribution in [1.82, 2.24) is 0 Å². The largest absolute Gasteiger partial charge is 0.467 e. The number of benzene rings is 1. The Labute approximate surface area is 261 Å². The number of aliphatic hydroxyl groups is 1. The first-order valence-electron chi connectivity index (χ1n) is 16.7. The minimum atomic E-state index is -0.409. The molecule has 43 heavy (non-hydrogen) atoms. The van der Waals surface area contributed by atoms with Gasteiger partial charge in [0.15, 0.2) is 0 Å². The third-order valence-electron chi connectivity index (χ3n) is 9.11. The Kier molecular flexibility index (Phi) is 17.3. The topological polar surface area (TPSA) is 72.8 Å². The molecule has 1 N–H and O–H groups in total. The Hall–Kier alpha value is -2.66. The molecule has 5 nitrogen and oxygen atoms in total. The normalized spacial score (nSPS) is 20.6. The van der Waals surface area contributed by atoms with E-state index in [1.54, 1.807) is 13.8 Å². The Balaban J connectivity index is 0.00000119. The Morgan fingerprint density at radius 1 is 1.05 bits per heavy atom. The summed E-state index contributed by atoms with van der Waals surface area (Å²) in [4.78, 5) is 22.6. The zero-order valence-corrected chi connectivity index (χ0v) is 27.5. The molecule has 1 saturated carbocycles. The summed E-state index contributed by atoms with van der Waals surface area (Å²) >= 11 is 0. The number of carbonyl (C=O) groups excluding carboxylic acids is 2. The van der Waals surface area contributed by atoms with Crippen LogP contribution >= 0.6 is 0 Å². The van der Waals surface area contributed by atoms with Crippen molar-refractivity contribution < 1.29 is 24.2 Å². The van der Waals surface area contributed by atoms with E-state index in [1.807, 2.05) is 0 Å². The number of rotatable bonds is 16. The number of carbonyl (C=O) groups is 2. The number of hydrogen-bond acceptors (Lipinski definition) is 5. The van der Waals surface area contributed by atoms with Crippen molar-refractivity contribution in [2.45, 2.75) is 111 Å². The van der Waals surface area contributed by atoms with E-state index < -0.39 is 5.97 Å². The quantitative estimate of drug-likeness (QED) is 0.0681.